The van der Waals surface area contributed by atoms with Gasteiger partial charge in [0.05, 0.1) is 21.7 Å². The number of rotatable bonds is 4. The molecule has 2 N–H and O–H groups in total. The number of halogens is 2. The largest absolute Gasteiger partial charge is 0.478 e. The van der Waals surface area contributed by atoms with Gasteiger partial charge in [-0.25, -0.2) is 14.0 Å². The number of carbonyl (C=O) groups is 3. The highest BCUT2D eigenvalue weighted by Crippen LogP contribution is 2.34. The Bertz CT molecular complexity index is 1530. The first kappa shape index (κ1) is 22.5. The average molecular weight is 493 g/mol. The molecule has 176 valence electrons. The number of urea groups is 1. The van der Waals surface area contributed by atoms with Crippen molar-refractivity contribution in [3.63, 3.8) is 0 Å². The summed E-state index contributed by atoms with van der Waals surface area (Å²) >= 11 is 6.34. The molecule has 0 spiro atoms. The number of fused-ring (bicyclic) bond motifs is 1. The molecule has 2 amide bonds. The Morgan fingerprint density at radius 2 is 1.94 bits per heavy atom. The molecule has 0 unspecified atom stereocenters. The minimum Gasteiger partial charge on any atom is -0.478 e. The summed E-state index contributed by atoms with van der Waals surface area (Å²) in [6, 6.07) is 13.3. The van der Waals surface area contributed by atoms with Gasteiger partial charge in [-0.2, -0.15) is 9.78 Å². The third-order valence-electron chi connectivity index (χ3n) is 5.93. The molecule has 1 aliphatic heterocycles. The lowest BCUT2D eigenvalue weighted by Gasteiger charge is -2.14. The van der Waals surface area contributed by atoms with Gasteiger partial charge in [0.1, 0.15) is 11.5 Å². The van der Waals surface area contributed by atoms with Gasteiger partial charge in [0, 0.05) is 29.7 Å². The molecular formula is C25H18ClFN4O4. The monoisotopic (exact) mass is 492 g/mol. The zero-order chi connectivity index (χ0) is 24.9. The van der Waals surface area contributed by atoms with Crippen LogP contribution in [-0.2, 0) is 0 Å². The Kier molecular flexibility index (Phi) is 5.49. The standard InChI is InChI=1S/C25H18ClFN4O4/c1-13-3-2-4-18(26)21(13)23(32)31-20-12-15(30-10-9-28-25(30)35)6-8-17(20)22(29-31)16-7-5-14(24(33)34)11-19(16)27/h2-8,11-12H,9-10H2,1H3,(H,28,35)(H,33,34). The predicted octanol–water partition coefficient (Wildman–Crippen LogP) is 4.72. The van der Waals surface area contributed by atoms with E-state index in [2.05, 4.69) is 10.4 Å². The van der Waals surface area contributed by atoms with E-state index in [1.54, 1.807) is 43.3 Å². The number of benzene rings is 3. The van der Waals surface area contributed by atoms with Gasteiger partial charge in [0.25, 0.3) is 5.91 Å². The van der Waals surface area contributed by atoms with Gasteiger partial charge in [0.2, 0.25) is 0 Å². The summed E-state index contributed by atoms with van der Waals surface area (Å²) in [5.41, 5.74) is 1.77. The van der Waals surface area contributed by atoms with Crippen molar-refractivity contribution < 1.29 is 23.9 Å². The highest BCUT2D eigenvalue weighted by molar-refractivity contribution is 6.34. The molecule has 3 aromatic carbocycles. The van der Waals surface area contributed by atoms with Crippen molar-refractivity contribution in [3.8, 4) is 11.3 Å². The van der Waals surface area contributed by atoms with Gasteiger partial charge in [-0.15, -0.1) is 0 Å². The molecular weight excluding hydrogens is 475 g/mol. The molecule has 1 fully saturated rings. The molecule has 2 heterocycles. The molecule has 10 heteroatoms. The molecule has 0 bridgehead atoms. The second kappa shape index (κ2) is 8.52. The van der Waals surface area contributed by atoms with Crippen molar-refractivity contribution in [1.82, 2.24) is 15.1 Å². The summed E-state index contributed by atoms with van der Waals surface area (Å²) in [6.07, 6.45) is 0. The molecule has 1 aliphatic rings. The number of carboxylic acids is 1. The van der Waals surface area contributed by atoms with Crippen molar-refractivity contribution in [2.24, 2.45) is 0 Å². The second-order valence-electron chi connectivity index (χ2n) is 8.08. The SMILES string of the molecule is Cc1cccc(Cl)c1C(=O)n1nc(-c2ccc(C(=O)O)cc2F)c2ccc(N3CCNC3=O)cc21. The van der Waals surface area contributed by atoms with Crippen molar-refractivity contribution in [3.05, 3.63) is 82.1 Å². The number of hydrogen-bond donors (Lipinski definition) is 2. The number of amides is 2. The molecule has 0 saturated carbocycles. The first-order chi connectivity index (χ1) is 16.8. The number of nitrogens with zero attached hydrogens (tertiary/aromatic N) is 3. The Morgan fingerprint density at radius 1 is 1.14 bits per heavy atom. The van der Waals surface area contributed by atoms with Crippen LogP contribution in [0.2, 0.25) is 5.02 Å². The molecule has 1 saturated heterocycles. The van der Waals surface area contributed by atoms with Gasteiger partial charge in [-0.05, 0) is 55.0 Å². The maximum absolute atomic E-state index is 15.0. The van der Waals surface area contributed by atoms with Gasteiger partial charge in [0.15, 0.2) is 0 Å². The Hall–Kier alpha value is -4.24. The topological polar surface area (TPSA) is 105 Å². The molecule has 4 aromatic rings. The number of carboxylic acid groups (broad SMARTS) is 1. The van der Waals surface area contributed by atoms with E-state index >= 15 is 0 Å². The average Bonchev–Trinajstić information content (AvgIpc) is 3.42. The Balaban J connectivity index is 1.74. The quantitative estimate of drug-likeness (QED) is 0.429. The van der Waals surface area contributed by atoms with Gasteiger partial charge in [-0.1, -0.05) is 23.7 Å². The zero-order valence-electron chi connectivity index (χ0n) is 18.4. The summed E-state index contributed by atoms with van der Waals surface area (Å²) in [4.78, 5) is 38.6. The van der Waals surface area contributed by atoms with Crippen LogP contribution in [-0.4, -0.2) is 45.9 Å². The van der Waals surface area contributed by atoms with E-state index < -0.39 is 17.7 Å². The van der Waals surface area contributed by atoms with Crippen molar-refractivity contribution >= 4 is 46.1 Å². The number of anilines is 1. The number of aryl methyl sites for hydroxylation is 1. The summed E-state index contributed by atoms with van der Waals surface area (Å²) < 4.78 is 16.1. The maximum atomic E-state index is 15.0. The van der Waals surface area contributed by atoms with Gasteiger partial charge >= 0.3 is 12.0 Å². The van der Waals surface area contributed by atoms with E-state index in [1.165, 1.54) is 17.0 Å². The van der Waals surface area contributed by atoms with Crippen LogP contribution in [0.25, 0.3) is 22.2 Å². The smallest absolute Gasteiger partial charge is 0.335 e. The summed E-state index contributed by atoms with van der Waals surface area (Å²) in [6.45, 7) is 2.68. The first-order valence-corrected chi connectivity index (χ1v) is 11.0. The Morgan fingerprint density at radius 3 is 2.60 bits per heavy atom. The van der Waals surface area contributed by atoms with Crippen LogP contribution in [0.5, 0.6) is 0 Å². The highest BCUT2D eigenvalue weighted by atomic mass is 35.5. The van der Waals surface area contributed by atoms with Crippen LogP contribution in [0.3, 0.4) is 0 Å². The fraction of sp³-hybridized carbons (Fsp3) is 0.120. The minimum atomic E-state index is -1.26. The number of carbonyl (C=O) groups excluding carboxylic acids is 2. The summed E-state index contributed by atoms with van der Waals surface area (Å²) in [7, 11) is 0. The van der Waals surface area contributed by atoms with E-state index in [9.17, 15) is 23.9 Å². The van der Waals surface area contributed by atoms with Crippen LogP contribution in [0.15, 0.2) is 54.6 Å². The maximum Gasteiger partial charge on any atom is 0.335 e. The minimum absolute atomic E-state index is 0.0362. The predicted molar refractivity (Wildman–Crippen MR) is 129 cm³/mol. The summed E-state index contributed by atoms with van der Waals surface area (Å²) in [5, 5.41) is 17.0. The van der Waals surface area contributed by atoms with E-state index in [1.807, 2.05) is 0 Å². The third kappa shape index (κ3) is 3.79. The van der Waals surface area contributed by atoms with Crippen LogP contribution in [0, 0.1) is 12.7 Å². The lowest BCUT2D eigenvalue weighted by atomic mass is 10.0. The van der Waals surface area contributed by atoms with Gasteiger partial charge in [-0.3, -0.25) is 9.69 Å². The van der Waals surface area contributed by atoms with Crippen molar-refractivity contribution in [1.29, 1.82) is 0 Å². The van der Waals surface area contributed by atoms with Crippen LogP contribution in [0.4, 0.5) is 14.9 Å². The molecule has 0 radical (unpaired) electrons. The second-order valence-corrected chi connectivity index (χ2v) is 8.49. The highest BCUT2D eigenvalue weighted by Gasteiger charge is 2.26. The molecule has 5 rings (SSSR count). The summed E-state index contributed by atoms with van der Waals surface area (Å²) in [5.74, 6) is -2.57. The van der Waals surface area contributed by atoms with Crippen LogP contribution in [0.1, 0.15) is 26.3 Å². The zero-order valence-corrected chi connectivity index (χ0v) is 19.1. The van der Waals surface area contributed by atoms with Crippen LogP contribution < -0.4 is 10.2 Å². The molecule has 8 nitrogen and oxygen atoms in total. The molecule has 0 atom stereocenters. The number of aromatic carboxylic acids is 1. The van der Waals surface area contributed by atoms with E-state index in [-0.39, 0.29) is 33.4 Å². The van der Waals surface area contributed by atoms with Crippen molar-refractivity contribution in [2.75, 3.05) is 18.0 Å². The fourth-order valence-corrected chi connectivity index (χ4v) is 4.49. The van der Waals surface area contributed by atoms with Crippen molar-refractivity contribution in [2.45, 2.75) is 6.92 Å². The number of nitrogens with one attached hydrogen (secondary N) is 1. The third-order valence-corrected chi connectivity index (χ3v) is 6.25. The van der Waals surface area contributed by atoms with Crippen LogP contribution >= 0.6 is 11.6 Å². The number of hydrogen-bond acceptors (Lipinski definition) is 4. The Labute approximate surface area is 203 Å². The first-order valence-electron chi connectivity index (χ1n) is 10.7. The van der Waals surface area contributed by atoms with E-state index in [0.29, 0.717) is 35.2 Å². The molecule has 35 heavy (non-hydrogen) atoms. The lowest BCUT2D eigenvalue weighted by molar-refractivity contribution is 0.0696. The number of aromatic nitrogens is 2. The lowest BCUT2D eigenvalue weighted by Crippen LogP contribution is -2.27. The van der Waals surface area contributed by atoms with Gasteiger partial charge < -0.3 is 10.4 Å². The van der Waals surface area contributed by atoms with E-state index in [4.69, 9.17) is 11.6 Å². The van der Waals surface area contributed by atoms with E-state index in [0.717, 1.165) is 10.7 Å². The molecule has 0 aliphatic carbocycles. The molecule has 1 aromatic heterocycles. The fourth-order valence-electron chi connectivity index (χ4n) is 4.19. The normalized spacial score (nSPS) is 13.3.